The second-order valence-corrected chi connectivity index (χ2v) is 3.73. The first-order valence-corrected chi connectivity index (χ1v) is 5.45. The Hall–Kier alpha value is -0.820. The van der Waals surface area contributed by atoms with E-state index in [0.29, 0.717) is 13.2 Å². The number of ether oxygens (including phenoxy) is 1. The Labute approximate surface area is 98.9 Å². The maximum atomic E-state index is 11.8. The van der Waals surface area contributed by atoms with Crippen molar-refractivity contribution >= 4 is 5.91 Å². The Morgan fingerprint density at radius 1 is 1.35 bits per heavy atom. The first-order valence-electron chi connectivity index (χ1n) is 5.45. The molecule has 0 saturated carbocycles. The second kappa shape index (κ2) is 7.50. The predicted octanol–water partition coefficient (Wildman–Crippen LogP) is 1.07. The summed E-state index contributed by atoms with van der Waals surface area (Å²) in [6.45, 7) is 4.82. The minimum atomic E-state index is -4.38. The highest BCUT2D eigenvalue weighted by Gasteiger charge is 2.28. The van der Waals surface area contributed by atoms with Gasteiger partial charge in [-0.25, -0.2) is 0 Å². The van der Waals surface area contributed by atoms with Gasteiger partial charge in [0.2, 0.25) is 5.91 Å². The van der Waals surface area contributed by atoms with E-state index in [0.717, 1.165) is 0 Å². The summed E-state index contributed by atoms with van der Waals surface area (Å²) < 4.78 is 40.7. The van der Waals surface area contributed by atoms with Crippen molar-refractivity contribution < 1.29 is 22.7 Å². The molecule has 17 heavy (non-hydrogen) atoms. The molecule has 102 valence electrons. The van der Waals surface area contributed by atoms with Gasteiger partial charge >= 0.3 is 6.18 Å². The van der Waals surface area contributed by atoms with Crippen LogP contribution in [0.25, 0.3) is 0 Å². The molecule has 0 bridgehead atoms. The molecule has 0 fully saturated rings. The number of halogens is 3. The van der Waals surface area contributed by atoms with Crippen LogP contribution in [0.5, 0.6) is 0 Å². The van der Waals surface area contributed by atoms with E-state index in [1.165, 1.54) is 6.92 Å². The summed E-state index contributed by atoms with van der Waals surface area (Å²) in [6.07, 6.45) is -4.47. The van der Waals surface area contributed by atoms with Crippen LogP contribution in [0.1, 0.15) is 20.8 Å². The molecule has 7 heteroatoms. The molecule has 0 aliphatic heterocycles. The number of hydrogen-bond acceptors (Lipinski definition) is 3. The van der Waals surface area contributed by atoms with Crippen LogP contribution >= 0.6 is 0 Å². The van der Waals surface area contributed by atoms with Gasteiger partial charge in [-0.05, 0) is 20.8 Å². The molecule has 0 radical (unpaired) electrons. The van der Waals surface area contributed by atoms with Crippen molar-refractivity contribution in [3.63, 3.8) is 0 Å². The molecule has 2 atom stereocenters. The number of alkyl halides is 3. The lowest BCUT2D eigenvalue weighted by molar-refractivity contribution is -0.139. The zero-order valence-electron chi connectivity index (χ0n) is 10.2. The molecule has 0 spiro atoms. The molecule has 0 aromatic rings. The van der Waals surface area contributed by atoms with Crippen LogP contribution in [0.15, 0.2) is 0 Å². The molecule has 0 aliphatic rings. The van der Waals surface area contributed by atoms with Gasteiger partial charge in [0.15, 0.2) is 0 Å². The first-order chi connectivity index (χ1) is 7.76. The standard InChI is InChI=1S/C10H19F3N2O2/c1-4-17-7(2)5-14-8(3)9(16)15-6-10(11,12)13/h7-8,14H,4-6H2,1-3H3,(H,15,16). The number of carbonyl (C=O) groups excluding carboxylic acids is 1. The van der Waals surface area contributed by atoms with E-state index in [9.17, 15) is 18.0 Å². The molecule has 0 aromatic heterocycles. The van der Waals surface area contributed by atoms with E-state index >= 15 is 0 Å². The number of carbonyl (C=O) groups is 1. The molecule has 0 aromatic carbocycles. The summed E-state index contributed by atoms with van der Waals surface area (Å²) in [5, 5.41) is 4.61. The zero-order valence-corrected chi connectivity index (χ0v) is 10.2. The maximum absolute atomic E-state index is 11.8. The zero-order chi connectivity index (χ0) is 13.5. The second-order valence-electron chi connectivity index (χ2n) is 3.73. The molecular weight excluding hydrogens is 237 g/mol. The van der Waals surface area contributed by atoms with Gasteiger partial charge in [-0.1, -0.05) is 0 Å². The fraction of sp³-hybridized carbons (Fsp3) is 0.900. The monoisotopic (exact) mass is 256 g/mol. The van der Waals surface area contributed by atoms with Gasteiger partial charge in [0.05, 0.1) is 12.1 Å². The van der Waals surface area contributed by atoms with Crippen LogP contribution in [0.2, 0.25) is 0 Å². The van der Waals surface area contributed by atoms with E-state index < -0.39 is 24.7 Å². The Bertz CT molecular complexity index is 234. The minimum Gasteiger partial charge on any atom is -0.377 e. The number of hydrogen-bond donors (Lipinski definition) is 2. The lowest BCUT2D eigenvalue weighted by Crippen LogP contribution is -2.47. The third-order valence-corrected chi connectivity index (χ3v) is 2.02. The van der Waals surface area contributed by atoms with Crippen molar-refractivity contribution in [2.45, 2.75) is 39.1 Å². The van der Waals surface area contributed by atoms with Gasteiger partial charge in [-0.15, -0.1) is 0 Å². The normalized spacial score (nSPS) is 15.4. The smallest absolute Gasteiger partial charge is 0.377 e. The number of rotatable bonds is 7. The SMILES string of the molecule is CCOC(C)CNC(C)C(=O)NCC(F)(F)F. The van der Waals surface area contributed by atoms with Gasteiger partial charge in [-0.2, -0.15) is 13.2 Å². The molecule has 0 rings (SSSR count). The van der Waals surface area contributed by atoms with E-state index in [1.807, 2.05) is 19.2 Å². The Morgan fingerprint density at radius 2 is 1.94 bits per heavy atom. The molecular formula is C10H19F3N2O2. The Kier molecular flexibility index (Phi) is 7.13. The van der Waals surface area contributed by atoms with Gasteiger partial charge in [0.1, 0.15) is 6.54 Å². The lowest BCUT2D eigenvalue weighted by Gasteiger charge is -2.18. The van der Waals surface area contributed by atoms with Crippen molar-refractivity contribution in [2.75, 3.05) is 19.7 Å². The molecule has 1 amide bonds. The van der Waals surface area contributed by atoms with Gasteiger partial charge in [-0.3, -0.25) is 4.79 Å². The van der Waals surface area contributed by atoms with E-state index in [4.69, 9.17) is 4.74 Å². The highest BCUT2D eigenvalue weighted by Crippen LogP contribution is 2.12. The average molecular weight is 256 g/mol. The van der Waals surface area contributed by atoms with Crippen LogP contribution in [-0.4, -0.2) is 43.9 Å². The van der Waals surface area contributed by atoms with Crippen LogP contribution in [0.3, 0.4) is 0 Å². The molecule has 2 N–H and O–H groups in total. The fourth-order valence-electron chi connectivity index (χ4n) is 1.12. The summed E-state index contributed by atoms with van der Waals surface area (Å²) in [4.78, 5) is 11.2. The molecule has 0 heterocycles. The molecule has 0 saturated heterocycles. The molecule has 0 aliphatic carbocycles. The Balaban J connectivity index is 3.82. The molecule has 2 unspecified atom stereocenters. The van der Waals surface area contributed by atoms with Gasteiger partial charge in [0, 0.05) is 13.2 Å². The van der Waals surface area contributed by atoms with Crippen molar-refractivity contribution in [1.29, 1.82) is 0 Å². The third-order valence-electron chi connectivity index (χ3n) is 2.02. The summed E-state index contributed by atoms with van der Waals surface area (Å²) in [5.74, 6) is -0.675. The maximum Gasteiger partial charge on any atom is 0.405 e. The lowest BCUT2D eigenvalue weighted by atomic mass is 10.3. The van der Waals surface area contributed by atoms with Crippen molar-refractivity contribution in [3.05, 3.63) is 0 Å². The van der Waals surface area contributed by atoms with E-state index in [2.05, 4.69) is 5.32 Å². The predicted molar refractivity (Wildman–Crippen MR) is 57.6 cm³/mol. The van der Waals surface area contributed by atoms with Crippen LogP contribution < -0.4 is 10.6 Å². The van der Waals surface area contributed by atoms with Crippen molar-refractivity contribution in [1.82, 2.24) is 10.6 Å². The van der Waals surface area contributed by atoms with Gasteiger partial charge in [0.25, 0.3) is 0 Å². The summed E-state index contributed by atoms with van der Waals surface area (Å²) in [6, 6.07) is -0.680. The van der Waals surface area contributed by atoms with Crippen LogP contribution in [0, 0.1) is 0 Å². The summed E-state index contributed by atoms with van der Waals surface area (Å²) in [7, 11) is 0. The average Bonchev–Trinajstić information content (AvgIpc) is 2.22. The largest absolute Gasteiger partial charge is 0.405 e. The summed E-state index contributed by atoms with van der Waals surface area (Å²) >= 11 is 0. The van der Waals surface area contributed by atoms with E-state index in [-0.39, 0.29) is 6.10 Å². The van der Waals surface area contributed by atoms with Crippen molar-refractivity contribution in [2.24, 2.45) is 0 Å². The minimum absolute atomic E-state index is 0.0853. The Morgan fingerprint density at radius 3 is 2.41 bits per heavy atom. The van der Waals surface area contributed by atoms with Crippen molar-refractivity contribution in [3.8, 4) is 0 Å². The topological polar surface area (TPSA) is 50.4 Å². The van der Waals surface area contributed by atoms with Crippen LogP contribution in [-0.2, 0) is 9.53 Å². The van der Waals surface area contributed by atoms with Gasteiger partial charge < -0.3 is 15.4 Å². The highest BCUT2D eigenvalue weighted by molar-refractivity contribution is 5.81. The highest BCUT2D eigenvalue weighted by atomic mass is 19.4. The summed E-state index contributed by atoms with van der Waals surface area (Å²) in [5.41, 5.74) is 0. The quantitative estimate of drug-likeness (QED) is 0.716. The first kappa shape index (κ1) is 16.2. The number of nitrogens with one attached hydrogen (secondary N) is 2. The third kappa shape index (κ3) is 8.93. The van der Waals surface area contributed by atoms with Crippen LogP contribution in [0.4, 0.5) is 13.2 Å². The number of amides is 1. The van der Waals surface area contributed by atoms with E-state index in [1.54, 1.807) is 0 Å². The fourth-order valence-corrected chi connectivity index (χ4v) is 1.12. The molecule has 4 nitrogen and oxygen atoms in total.